The summed E-state index contributed by atoms with van der Waals surface area (Å²) >= 11 is 3.49. The third kappa shape index (κ3) is 2.77. The fourth-order valence-corrected chi connectivity index (χ4v) is 2.62. The van der Waals surface area contributed by atoms with E-state index in [0.29, 0.717) is 6.04 Å². The SMILES string of the molecule is COc1ccc(Br)cc1CNC1CC(C)C1. The molecule has 1 aromatic carbocycles. The predicted octanol–water partition coefficient (Wildman–Crippen LogP) is 3.35. The summed E-state index contributed by atoms with van der Waals surface area (Å²) in [6.45, 7) is 3.19. The first-order chi connectivity index (χ1) is 7.69. The molecule has 1 saturated carbocycles. The molecule has 3 heteroatoms. The molecule has 16 heavy (non-hydrogen) atoms. The molecule has 0 amide bonds. The number of ether oxygens (including phenoxy) is 1. The average Bonchev–Trinajstić information content (AvgIpc) is 2.23. The molecule has 0 heterocycles. The summed E-state index contributed by atoms with van der Waals surface area (Å²) in [5.41, 5.74) is 1.22. The van der Waals surface area contributed by atoms with Crippen LogP contribution in [0.2, 0.25) is 0 Å². The Hall–Kier alpha value is -0.540. The summed E-state index contributed by atoms with van der Waals surface area (Å²) in [6, 6.07) is 6.82. The van der Waals surface area contributed by atoms with Crippen LogP contribution >= 0.6 is 15.9 Å². The van der Waals surface area contributed by atoms with Gasteiger partial charge in [0.25, 0.3) is 0 Å². The van der Waals surface area contributed by atoms with Gasteiger partial charge < -0.3 is 10.1 Å². The van der Waals surface area contributed by atoms with Crippen LogP contribution in [0.25, 0.3) is 0 Å². The van der Waals surface area contributed by atoms with E-state index in [1.165, 1.54) is 18.4 Å². The van der Waals surface area contributed by atoms with Gasteiger partial charge in [0.1, 0.15) is 5.75 Å². The van der Waals surface area contributed by atoms with Crippen LogP contribution in [0.4, 0.5) is 0 Å². The zero-order valence-electron chi connectivity index (χ0n) is 9.79. The normalized spacial score (nSPS) is 23.9. The van der Waals surface area contributed by atoms with E-state index >= 15 is 0 Å². The number of methoxy groups -OCH3 is 1. The summed E-state index contributed by atoms with van der Waals surface area (Å²) in [5.74, 6) is 1.85. The molecule has 0 radical (unpaired) electrons. The Morgan fingerprint density at radius 1 is 1.44 bits per heavy atom. The van der Waals surface area contributed by atoms with E-state index in [-0.39, 0.29) is 0 Å². The Kier molecular flexibility index (Phi) is 3.87. The number of hydrogen-bond acceptors (Lipinski definition) is 2. The molecular weight excluding hydrogens is 266 g/mol. The molecule has 0 aromatic heterocycles. The molecule has 0 bridgehead atoms. The molecular formula is C13H18BrNO. The van der Waals surface area contributed by atoms with Crippen LogP contribution in [0.3, 0.4) is 0 Å². The lowest BCUT2D eigenvalue weighted by molar-refractivity contribution is 0.239. The minimum Gasteiger partial charge on any atom is -0.496 e. The molecule has 2 rings (SSSR count). The Balaban J connectivity index is 1.94. The lowest BCUT2D eigenvalue weighted by atomic mass is 9.82. The second-order valence-electron chi connectivity index (χ2n) is 4.61. The summed E-state index contributed by atoms with van der Waals surface area (Å²) in [4.78, 5) is 0. The summed E-state index contributed by atoms with van der Waals surface area (Å²) in [7, 11) is 1.72. The molecule has 1 aromatic rings. The minimum absolute atomic E-state index is 0.693. The van der Waals surface area contributed by atoms with E-state index < -0.39 is 0 Å². The van der Waals surface area contributed by atoms with E-state index in [9.17, 15) is 0 Å². The molecule has 1 N–H and O–H groups in total. The van der Waals surface area contributed by atoms with Crippen LogP contribution in [0.15, 0.2) is 22.7 Å². The van der Waals surface area contributed by atoms with Gasteiger partial charge in [0.05, 0.1) is 7.11 Å². The Morgan fingerprint density at radius 2 is 2.19 bits per heavy atom. The lowest BCUT2D eigenvalue weighted by Gasteiger charge is -2.33. The first-order valence-corrected chi connectivity index (χ1v) is 6.54. The van der Waals surface area contributed by atoms with E-state index in [0.717, 1.165) is 22.7 Å². The van der Waals surface area contributed by atoms with E-state index in [2.05, 4.69) is 34.2 Å². The van der Waals surface area contributed by atoms with Gasteiger partial charge >= 0.3 is 0 Å². The smallest absolute Gasteiger partial charge is 0.123 e. The predicted molar refractivity (Wildman–Crippen MR) is 69.7 cm³/mol. The monoisotopic (exact) mass is 283 g/mol. The average molecular weight is 284 g/mol. The number of hydrogen-bond donors (Lipinski definition) is 1. The second kappa shape index (κ2) is 5.19. The van der Waals surface area contributed by atoms with Crippen molar-refractivity contribution in [2.45, 2.75) is 32.4 Å². The van der Waals surface area contributed by atoms with Gasteiger partial charge in [-0.25, -0.2) is 0 Å². The molecule has 1 aliphatic carbocycles. The summed E-state index contributed by atoms with van der Waals surface area (Å²) in [5, 5.41) is 3.57. The Morgan fingerprint density at radius 3 is 2.81 bits per heavy atom. The Bertz CT molecular complexity index is 361. The number of benzene rings is 1. The van der Waals surface area contributed by atoms with Crippen molar-refractivity contribution < 1.29 is 4.74 Å². The van der Waals surface area contributed by atoms with Crippen molar-refractivity contribution in [3.8, 4) is 5.75 Å². The van der Waals surface area contributed by atoms with Crippen LogP contribution in [0.1, 0.15) is 25.3 Å². The highest BCUT2D eigenvalue weighted by atomic mass is 79.9. The molecule has 0 aliphatic heterocycles. The van der Waals surface area contributed by atoms with Gasteiger partial charge in [0.15, 0.2) is 0 Å². The van der Waals surface area contributed by atoms with Crippen LogP contribution in [-0.2, 0) is 6.54 Å². The second-order valence-corrected chi connectivity index (χ2v) is 5.53. The molecule has 0 saturated heterocycles. The summed E-state index contributed by atoms with van der Waals surface area (Å²) < 4.78 is 6.45. The van der Waals surface area contributed by atoms with Gasteiger partial charge in [-0.05, 0) is 37.0 Å². The van der Waals surface area contributed by atoms with Crippen molar-refractivity contribution >= 4 is 15.9 Å². The first-order valence-electron chi connectivity index (χ1n) is 5.75. The number of rotatable bonds is 4. The molecule has 1 fully saturated rings. The van der Waals surface area contributed by atoms with Gasteiger partial charge in [-0.3, -0.25) is 0 Å². The molecule has 0 unspecified atom stereocenters. The van der Waals surface area contributed by atoms with E-state index in [1.807, 2.05) is 12.1 Å². The zero-order valence-corrected chi connectivity index (χ0v) is 11.4. The van der Waals surface area contributed by atoms with Crippen molar-refractivity contribution in [3.05, 3.63) is 28.2 Å². The lowest BCUT2D eigenvalue weighted by Crippen LogP contribution is -2.39. The number of halogens is 1. The van der Waals surface area contributed by atoms with Crippen LogP contribution in [0, 0.1) is 5.92 Å². The third-order valence-corrected chi connectivity index (χ3v) is 3.69. The van der Waals surface area contributed by atoms with Crippen molar-refractivity contribution in [2.24, 2.45) is 5.92 Å². The highest BCUT2D eigenvalue weighted by Gasteiger charge is 2.24. The maximum absolute atomic E-state index is 5.34. The van der Waals surface area contributed by atoms with Crippen molar-refractivity contribution in [2.75, 3.05) is 7.11 Å². The van der Waals surface area contributed by atoms with Crippen molar-refractivity contribution in [3.63, 3.8) is 0 Å². The third-order valence-electron chi connectivity index (χ3n) is 3.20. The highest BCUT2D eigenvalue weighted by molar-refractivity contribution is 9.10. The van der Waals surface area contributed by atoms with E-state index in [4.69, 9.17) is 4.74 Å². The van der Waals surface area contributed by atoms with Gasteiger partial charge in [0.2, 0.25) is 0 Å². The fraction of sp³-hybridized carbons (Fsp3) is 0.538. The zero-order chi connectivity index (χ0) is 11.5. The minimum atomic E-state index is 0.693. The quantitative estimate of drug-likeness (QED) is 0.915. The Labute approximate surface area is 106 Å². The van der Waals surface area contributed by atoms with E-state index in [1.54, 1.807) is 7.11 Å². The van der Waals surface area contributed by atoms with Crippen LogP contribution in [0.5, 0.6) is 5.75 Å². The number of nitrogens with one attached hydrogen (secondary N) is 1. The fourth-order valence-electron chi connectivity index (χ4n) is 2.21. The van der Waals surface area contributed by atoms with Gasteiger partial charge in [0, 0.05) is 22.6 Å². The van der Waals surface area contributed by atoms with Crippen LogP contribution in [-0.4, -0.2) is 13.2 Å². The van der Waals surface area contributed by atoms with Crippen LogP contribution < -0.4 is 10.1 Å². The largest absolute Gasteiger partial charge is 0.496 e. The van der Waals surface area contributed by atoms with Gasteiger partial charge in [-0.15, -0.1) is 0 Å². The first kappa shape index (κ1) is 11.9. The molecule has 2 nitrogen and oxygen atoms in total. The molecule has 0 atom stereocenters. The summed E-state index contributed by atoms with van der Waals surface area (Å²) in [6.07, 6.45) is 2.60. The van der Waals surface area contributed by atoms with Gasteiger partial charge in [-0.1, -0.05) is 22.9 Å². The van der Waals surface area contributed by atoms with Crippen molar-refractivity contribution in [1.29, 1.82) is 0 Å². The topological polar surface area (TPSA) is 21.3 Å². The van der Waals surface area contributed by atoms with Gasteiger partial charge in [-0.2, -0.15) is 0 Å². The van der Waals surface area contributed by atoms with Crippen molar-refractivity contribution in [1.82, 2.24) is 5.32 Å². The maximum atomic E-state index is 5.34. The molecule has 88 valence electrons. The molecule has 1 aliphatic rings. The maximum Gasteiger partial charge on any atom is 0.123 e. The standard InChI is InChI=1S/C13H18BrNO/c1-9-5-12(6-9)15-8-10-7-11(14)3-4-13(10)16-2/h3-4,7,9,12,15H,5-6,8H2,1-2H3. The molecule has 0 spiro atoms. The highest BCUT2D eigenvalue weighted by Crippen LogP contribution is 2.28.